The smallest absolute Gasteiger partial charge is 0.00385 e. The molecule has 2 aliphatic rings. The normalized spacial score (nSPS) is 31.5. The highest BCUT2D eigenvalue weighted by atomic mass is 15.2. The number of rotatable bonds is 6. The van der Waals surface area contributed by atoms with Crippen LogP contribution in [-0.2, 0) is 0 Å². The van der Waals surface area contributed by atoms with Crippen LogP contribution in [0.5, 0.6) is 0 Å². The SMILES string of the molecule is C.CC.CCCC1(CC)CCC2(CCN(CCCN)C2)CC1. The van der Waals surface area contributed by atoms with Crippen molar-refractivity contribution < 1.29 is 0 Å². The molecule has 1 spiro atoms. The van der Waals surface area contributed by atoms with E-state index in [0.29, 0.717) is 10.8 Å². The summed E-state index contributed by atoms with van der Waals surface area (Å²) >= 11 is 0. The van der Waals surface area contributed by atoms with Gasteiger partial charge in [0.2, 0.25) is 0 Å². The molecule has 2 fully saturated rings. The molecule has 0 atom stereocenters. The molecule has 0 amide bonds. The van der Waals surface area contributed by atoms with Gasteiger partial charge in [0.1, 0.15) is 0 Å². The van der Waals surface area contributed by atoms with E-state index in [0.717, 1.165) is 6.54 Å². The molecule has 22 heavy (non-hydrogen) atoms. The van der Waals surface area contributed by atoms with Crippen molar-refractivity contribution in [1.82, 2.24) is 4.90 Å². The lowest BCUT2D eigenvalue weighted by molar-refractivity contribution is 0.0692. The van der Waals surface area contributed by atoms with Crippen molar-refractivity contribution in [1.29, 1.82) is 0 Å². The average molecular weight is 313 g/mol. The Bertz CT molecular complexity index is 267. The molecule has 2 rings (SSSR count). The van der Waals surface area contributed by atoms with E-state index in [2.05, 4.69) is 18.7 Å². The third kappa shape index (κ3) is 5.53. The van der Waals surface area contributed by atoms with Crippen LogP contribution in [0.4, 0.5) is 0 Å². The Kier molecular flexibility index (Phi) is 10.6. The second-order valence-corrected chi connectivity index (χ2v) is 7.27. The quantitative estimate of drug-likeness (QED) is 0.705. The molecule has 134 valence electrons. The maximum atomic E-state index is 5.64. The molecule has 2 heteroatoms. The van der Waals surface area contributed by atoms with E-state index >= 15 is 0 Å². The lowest BCUT2D eigenvalue weighted by Crippen LogP contribution is -2.36. The van der Waals surface area contributed by atoms with Gasteiger partial charge in [0.25, 0.3) is 0 Å². The molecule has 0 radical (unpaired) electrons. The zero-order valence-corrected chi connectivity index (χ0v) is 15.2. The van der Waals surface area contributed by atoms with Gasteiger partial charge in [-0.2, -0.15) is 0 Å². The standard InChI is InChI=1S/C17H34N2.C2H6.CH4/c1-3-6-16(4-2)7-9-17(10-8-16)11-14-19(15-17)13-5-12-18;1-2;/h3-15,18H2,1-2H3;1-2H3;1H4. The molecule has 2 N–H and O–H groups in total. The number of nitrogens with zero attached hydrogens (tertiary/aromatic N) is 1. The minimum atomic E-state index is 0. The molecule has 1 aliphatic heterocycles. The largest absolute Gasteiger partial charge is 0.330 e. The first kappa shape index (κ1) is 21.9. The second-order valence-electron chi connectivity index (χ2n) is 7.27. The summed E-state index contributed by atoms with van der Waals surface area (Å²) in [6.07, 6.45) is 12.8. The topological polar surface area (TPSA) is 29.3 Å². The Morgan fingerprint density at radius 2 is 1.64 bits per heavy atom. The monoisotopic (exact) mass is 312 g/mol. The fourth-order valence-electron chi connectivity index (χ4n) is 4.56. The summed E-state index contributed by atoms with van der Waals surface area (Å²) in [5, 5.41) is 0. The number of hydrogen-bond donors (Lipinski definition) is 1. The van der Waals surface area contributed by atoms with E-state index < -0.39 is 0 Å². The highest BCUT2D eigenvalue weighted by Gasteiger charge is 2.44. The Balaban J connectivity index is 0.00000141. The molecule has 1 aliphatic carbocycles. The molecule has 1 saturated heterocycles. The first-order valence-corrected chi connectivity index (χ1v) is 9.60. The summed E-state index contributed by atoms with van der Waals surface area (Å²) < 4.78 is 0. The third-order valence-corrected chi connectivity index (χ3v) is 6.10. The number of hydrogen-bond acceptors (Lipinski definition) is 2. The molecular formula is C20H44N2. The zero-order valence-electron chi connectivity index (χ0n) is 15.2. The summed E-state index contributed by atoms with van der Waals surface area (Å²) in [6.45, 7) is 13.5. The Morgan fingerprint density at radius 3 is 2.14 bits per heavy atom. The summed E-state index contributed by atoms with van der Waals surface area (Å²) in [5.74, 6) is 0. The van der Waals surface area contributed by atoms with Gasteiger partial charge >= 0.3 is 0 Å². The van der Waals surface area contributed by atoms with E-state index in [4.69, 9.17) is 5.73 Å². The van der Waals surface area contributed by atoms with Gasteiger partial charge in [-0.1, -0.05) is 48.0 Å². The van der Waals surface area contributed by atoms with Gasteiger partial charge in [-0.25, -0.2) is 0 Å². The molecular weight excluding hydrogens is 268 g/mol. The summed E-state index contributed by atoms with van der Waals surface area (Å²) in [5.41, 5.74) is 7.02. The summed E-state index contributed by atoms with van der Waals surface area (Å²) in [7, 11) is 0. The molecule has 1 saturated carbocycles. The predicted octanol–water partition coefficient (Wildman–Crippen LogP) is 5.46. The van der Waals surface area contributed by atoms with Crippen molar-refractivity contribution in [2.45, 2.75) is 92.9 Å². The van der Waals surface area contributed by atoms with Crippen LogP contribution in [0.3, 0.4) is 0 Å². The van der Waals surface area contributed by atoms with Crippen molar-refractivity contribution in [3.63, 3.8) is 0 Å². The second kappa shape index (κ2) is 10.6. The van der Waals surface area contributed by atoms with Crippen LogP contribution in [0.25, 0.3) is 0 Å². The van der Waals surface area contributed by atoms with Crippen molar-refractivity contribution in [2.75, 3.05) is 26.2 Å². The maximum Gasteiger partial charge on any atom is 0.00385 e. The van der Waals surface area contributed by atoms with E-state index in [1.54, 1.807) is 0 Å². The molecule has 0 aromatic heterocycles. The van der Waals surface area contributed by atoms with Crippen LogP contribution in [0, 0.1) is 10.8 Å². The van der Waals surface area contributed by atoms with Gasteiger partial charge < -0.3 is 10.6 Å². The van der Waals surface area contributed by atoms with E-state index in [1.165, 1.54) is 77.4 Å². The lowest BCUT2D eigenvalue weighted by Gasteiger charge is -2.45. The van der Waals surface area contributed by atoms with Crippen LogP contribution in [0.15, 0.2) is 0 Å². The van der Waals surface area contributed by atoms with Gasteiger partial charge in [-0.05, 0) is 75.4 Å². The Hall–Kier alpha value is -0.0800. The molecule has 0 bridgehead atoms. The fraction of sp³-hybridized carbons (Fsp3) is 1.00. The fourth-order valence-corrected chi connectivity index (χ4v) is 4.56. The van der Waals surface area contributed by atoms with Crippen molar-refractivity contribution in [3.05, 3.63) is 0 Å². The van der Waals surface area contributed by atoms with Gasteiger partial charge in [-0.3, -0.25) is 0 Å². The minimum Gasteiger partial charge on any atom is -0.330 e. The number of nitrogens with two attached hydrogens (primary N) is 1. The third-order valence-electron chi connectivity index (χ3n) is 6.10. The van der Waals surface area contributed by atoms with Gasteiger partial charge in [-0.15, -0.1) is 0 Å². The van der Waals surface area contributed by atoms with E-state index in [9.17, 15) is 0 Å². The Morgan fingerprint density at radius 1 is 1.00 bits per heavy atom. The zero-order chi connectivity index (χ0) is 15.8. The predicted molar refractivity (Wildman–Crippen MR) is 101 cm³/mol. The minimum absolute atomic E-state index is 0. The van der Waals surface area contributed by atoms with Gasteiger partial charge in [0.05, 0.1) is 0 Å². The average Bonchev–Trinajstić information content (AvgIpc) is 2.94. The van der Waals surface area contributed by atoms with Gasteiger partial charge in [0.15, 0.2) is 0 Å². The van der Waals surface area contributed by atoms with Gasteiger partial charge in [0, 0.05) is 6.54 Å². The van der Waals surface area contributed by atoms with E-state index in [1.807, 2.05) is 13.8 Å². The van der Waals surface area contributed by atoms with Crippen molar-refractivity contribution >= 4 is 0 Å². The summed E-state index contributed by atoms with van der Waals surface area (Å²) in [6, 6.07) is 0. The molecule has 0 unspecified atom stereocenters. The molecule has 1 heterocycles. The van der Waals surface area contributed by atoms with Crippen LogP contribution >= 0.6 is 0 Å². The van der Waals surface area contributed by atoms with Crippen LogP contribution < -0.4 is 5.73 Å². The van der Waals surface area contributed by atoms with E-state index in [-0.39, 0.29) is 7.43 Å². The van der Waals surface area contributed by atoms with Crippen molar-refractivity contribution in [2.24, 2.45) is 16.6 Å². The molecule has 2 nitrogen and oxygen atoms in total. The number of likely N-dealkylation sites (tertiary alicyclic amines) is 1. The molecule has 0 aromatic rings. The Labute approximate surface area is 141 Å². The van der Waals surface area contributed by atoms with Crippen LogP contribution in [-0.4, -0.2) is 31.1 Å². The highest BCUT2D eigenvalue weighted by molar-refractivity contribution is 4.97. The lowest BCUT2D eigenvalue weighted by atomic mass is 9.61. The maximum absolute atomic E-state index is 5.64. The first-order chi connectivity index (χ1) is 10.2. The van der Waals surface area contributed by atoms with Crippen LogP contribution in [0.2, 0.25) is 0 Å². The highest BCUT2D eigenvalue weighted by Crippen LogP contribution is 2.52. The van der Waals surface area contributed by atoms with Crippen LogP contribution in [0.1, 0.15) is 92.9 Å². The van der Waals surface area contributed by atoms with Crippen molar-refractivity contribution in [3.8, 4) is 0 Å². The summed E-state index contributed by atoms with van der Waals surface area (Å²) in [4.78, 5) is 2.67. The first-order valence-electron chi connectivity index (χ1n) is 9.60. The molecule has 0 aromatic carbocycles.